The van der Waals surface area contributed by atoms with Crippen LogP contribution in [0.3, 0.4) is 0 Å². The van der Waals surface area contributed by atoms with Crippen molar-refractivity contribution in [2.24, 2.45) is 0 Å². The number of nitriles is 1. The fourth-order valence-electron chi connectivity index (χ4n) is 1.81. The van der Waals surface area contributed by atoms with Gasteiger partial charge in [0.25, 0.3) is 0 Å². The Morgan fingerprint density at radius 2 is 2.06 bits per heavy atom. The van der Waals surface area contributed by atoms with Gasteiger partial charge in [-0.05, 0) is 12.1 Å². The van der Waals surface area contributed by atoms with Crippen LogP contribution in [0, 0.1) is 11.5 Å². The predicted molar refractivity (Wildman–Crippen MR) is 57.1 cm³/mol. The van der Waals surface area contributed by atoms with Crippen LogP contribution in [0.4, 0.5) is 8.78 Å². The van der Waals surface area contributed by atoms with E-state index in [1.165, 1.54) is 23.0 Å². The molecule has 0 atom stereocenters. The third-order valence-electron chi connectivity index (χ3n) is 2.55. The van der Waals surface area contributed by atoms with Crippen LogP contribution in [-0.2, 0) is 0 Å². The Morgan fingerprint density at radius 3 is 2.78 bits per heavy atom. The van der Waals surface area contributed by atoms with Gasteiger partial charge in [-0.25, -0.2) is 0 Å². The van der Waals surface area contributed by atoms with Gasteiger partial charge < -0.3 is 9.47 Å². The van der Waals surface area contributed by atoms with E-state index < -0.39 is 6.29 Å². The maximum atomic E-state index is 13.0. The van der Waals surface area contributed by atoms with E-state index in [4.69, 9.17) is 5.26 Å². The Morgan fingerprint density at radius 1 is 1.22 bits per heavy atom. The number of halogens is 2. The zero-order chi connectivity index (χ0) is 12.8. The fraction of sp³-hybridized carbons (Fsp3) is 0.0833. The lowest BCUT2D eigenvalue weighted by Gasteiger charge is -2.06. The van der Waals surface area contributed by atoms with Crippen molar-refractivity contribution in [1.29, 1.82) is 5.26 Å². The molecule has 0 radical (unpaired) electrons. The summed E-state index contributed by atoms with van der Waals surface area (Å²) in [6, 6.07) is 6.25. The van der Waals surface area contributed by atoms with Gasteiger partial charge >= 0.3 is 6.29 Å². The van der Waals surface area contributed by atoms with Crippen LogP contribution in [0.2, 0.25) is 0 Å². The van der Waals surface area contributed by atoms with Gasteiger partial charge in [0.2, 0.25) is 0 Å². The van der Waals surface area contributed by atoms with E-state index in [-0.39, 0.29) is 11.5 Å². The number of ether oxygens (including phenoxy) is 2. The van der Waals surface area contributed by atoms with Crippen LogP contribution in [0.1, 0.15) is 0 Å². The smallest absolute Gasteiger partial charge is 0.395 e. The third kappa shape index (κ3) is 1.57. The van der Waals surface area contributed by atoms with Gasteiger partial charge in [0, 0.05) is 23.5 Å². The predicted octanol–water partition coefficient (Wildman–Crippen LogP) is 2.81. The van der Waals surface area contributed by atoms with Crippen LogP contribution < -0.4 is 9.47 Å². The molecular weight excluding hydrogens is 242 g/mol. The minimum atomic E-state index is -3.64. The van der Waals surface area contributed by atoms with Crippen molar-refractivity contribution < 1.29 is 18.3 Å². The largest absolute Gasteiger partial charge is 0.586 e. The first-order chi connectivity index (χ1) is 8.59. The fourth-order valence-corrected chi connectivity index (χ4v) is 1.81. The van der Waals surface area contributed by atoms with Gasteiger partial charge in [-0.1, -0.05) is 12.1 Å². The van der Waals surface area contributed by atoms with E-state index in [0.29, 0.717) is 11.1 Å². The summed E-state index contributed by atoms with van der Waals surface area (Å²) >= 11 is 0. The molecule has 2 heterocycles. The molecule has 6 heteroatoms. The highest BCUT2D eigenvalue weighted by Crippen LogP contribution is 2.46. The first kappa shape index (κ1) is 10.6. The average Bonchev–Trinajstić information content (AvgIpc) is 2.89. The van der Waals surface area contributed by atoms with Gasteiger partial charge in [-0.2, -0.15) is 5.26 Å². The molecule has 4 nitrogen and oxygen atoms in total. The molecule has 0 unspecified atom stereocenters. The lowest BCUT2D eigenvalue weighted by atomic mass is 10.1. The van der Waals surface area contributed by atoms with Gasteiger partial charge in [0.1, 0.15) is 0 Å². The van der Waals surface area contributed by atoms with Crippen molar-refractivity contribution in [2.45, 2.75) is 6.29 Å². The molecule has 0 spiro atoms. The highest BCUT2D eigenvalue weighted by atomic mass is 19.3. The number of hydrogen-bond donors (Lipinski definition) is 0. The van der Waals surface area contributed by atoms with Crippen molar-refractivity contribution in [2.75, 3.05) is 0 Å². The molecule has 0 saturated heterocycles. The summed E-state index contributed by atoms with van der Waals surface area (Å²) in [7, 11) is 0. The molecule has 1 aliphatic rings. The molecule has 2 aromatic rings. The summed E-state index contributed by atoms with van der Waals surface area (Å²) in [4.78, 5) is 0. The molecule has 90 valence electrons. The van der Waals surface area contributed by atoms with Gasteiger partial charge in [-0.3, -0.25) is 4.57 Å². The Bertz CT molecular complexity index is 658. The van der Waals surface area contributed by atoms with Crippen LogP contribution in [-0.4, -0.2) is 10.9 Å². The molecule has 0 fully saturated rings. The zero-order valence-corrected chi connectivity index (χ0v) is 8.93. The van der Waals surface area contributed by atoms with Crippen LogP contribution in [0.5, 0.6) is 11.5 Å². The second-order valence-corrected chi connectivity index (χ2v) is 3.71. The van der Waals surface area contributed by atoms with Crippen molar-refractivity contribution in [1.82, 2.24) is 4.57 Å². The topological polar surface area (TPSA) is 47.2 Å². The van der Waals surface area contributed by atoms with Crippen LogP contribution in [0.15, 0.2) is 36.7 Å². The minimum Gasteiger partial charge on any atom is -0.395 e. The van der Waals surface area contributed by atoms with E-state index >= 15 is 0 Å². The average molecular weight is 248 g/mol. The molecule has 1 aromatic heterocycles. The van der Waals surface area contributed by atoms with Gasteiger partial charge in [0.15, 0.2) is 17.7 Å². The molecule has 3 rings (SSSR count). The standard InChI is InChI=1S/C12H6F2N2O2/c13-12(14)17-10-3-1-2-9(11(10)18-12)8-4-5-16(6-8)7-15/h1-6H. The summed E-state index contributed by atoms with van der Waals surface area (Å²) in [5.41, 5.74) is 1.06. The van der Waals surface area contributed by atoms with Crippen molar-refractivity contribution in [3.05, 3.63) is 36.7 Å². The summed E-state index contributed by atoms with van der Waals surface area (Å²) < 4.78 is 36.1. The zero-order valence-electron chi connectivity index (χ0n) is 8.93. The maximum Gasteiger partial charge on any atom is 0.586 e. The minimum absolute atomic E-state index is 0.0118. The highest BCUT2D eigenvalue weighted by Gasteiger charge is 2.44. The van der Waals surface area contributed by atoms with Crippen molar-refractivity contribution in [3.63, 3.8) is 0 Å². The van der Waals surface area contributed by atoms with Gasteiger partial charge in [-0.15, -0.1) is 8.78 Å². The SMILES string of the molecule is N#Cn1ccc(-c2cccc3c2OC(F)(F)O3)c1. The second-order valence-electron chi connectivity index (χ2n) is 3.71. The molecule has 1 aromatic carbocycles. The molecule has 0 amide bonds. The molecule has 0 bridgehead atoms. The summed E-state index contributed by atoms with van der Waals surface area (Å²) in [5.74, 6) is -0.0274. The van der Waals surface area contributed by atoms with E-state index in [0.717, 1.165) is 0 Å². The maximum absolute atomic E-state index is 13.0. The number of fused-ring (bicyclic) bond motifs is 1. The summed E-state index contributed by atoms with van der Waals surface area (Å²) in [6.07, 6.45) is 1.31. The Kier molecular flexibility index (Phi) is 2.04. The van der Waals surface area contributed by atoms with E-state index in [1.807, 2.05) is 6.19 Å². The van der Waals surface area contributed by atoms with E-state index in [9.17, 15) is 8.78 Å². The Balaban J connectivity index is 2.11. The normalized spacial score (nSPS) is 15.4. The van der Waals surface area contributed by atoms with Crippen molar-refractivity contribution >= 4 is 0 Å². The highest BCUT2D eigenvalue weighted by molar-refractivity contribution is 5.74. The van der Waals surface area contributed by atoms with E-state index in [2.05, 4.69) is 9.47 Å². The lowest BCUT2D eigenvalue weighted by Crippen LogP contribution is -2.26. The molecule has 0 saturated carbocycles. The molecular formula is C12H6F2N2O2. The first-order valence-corrected chi connectivity index (χ1v) is 5.06. The quantitative estimate of drug-likeness (QED) is 0.779. The van der Waals surface area contributed by atoms with Gasteiger partial charge in [0.05, 0.1) is 0 Å². The number of alkyl halides is 2. The number of rotatable bonds is 1. The number of benzene rings is 1. The molecule has 0 N–H and O–H groups in total. The summed E-state index contributed by atoms with van der Waals surface area (Å²) in [5, 5.41) is 8.71. The third-order valence-corrected chi connectivity index (χ3v) is 2.55. The molecule has 18 heavy (non-hydrogen) atoms. The second kappa shape index (κ2) is 3.47. The Hall–Kier alpha value is -2.55. The Labute approximate surface area is 101 Å². The lowest BCUT2D eigenvalue weighted by molar-refractivity contribution is -0.286. The number of para-hydroxylation sites is 1. The van der Waals surface area contributed by atoms with Crippen LogP contribution >= 0.6 is 0 Å². The monoisotopic (exact) mass is 248 g/mol. The number of hydrogen-bond acceptors (Lipinski definition) is 3. The molecule has 0 aliphatic carbocycles. The number of aromatic nitrogens is 1. The molecule has 1 aliphatic heterocycles. The van der Waals surface area contributed by atoms with E-state index in [1.54, 1.807) is 18.2 Å². The number of nitrogens with zero attached hydrogens (tertiary/aromatic N) is 2. The first-order valence-electron chi connectivity index (χ1n) is 5.06. The van der Waals surface area contributed by atoms with Crippen LogP contribution in [0.25, 0.3) is 11.1 Å². The summed E-state index contributed by atoms with van der Waals surface area (Å²) in [6.45, 7) is 0. The van der Waals surface area contributed by atoms with Crippen molar-refractivity contribution in [3.8, 4) is 28.8 Å².